The lowest BCUT2D eigenvalue weighted by atomic mass is 9.78. The molecular weight excluding hydrogens is 240 g/mol. The molecule has 3 rings (SSSR count). The van der Waals surface area contributed by atoms with Crippen LogP contribution in [-0.2, 0) is 10.2 Å². The van der Waals surface area contributed by atoms with Gasteiger partial charge in [-0.25, -0.2) is 0 Å². The number of anilines is 1. The van der Waals surface area contributed by atoms with Crippen molar-refractivity contribution >= 4 is 11.6 Å². The summed E-state index contributed by atoms with van der Waals surface area (Å²) in [5.74, 6) is 0.786. The molecule has 2 N–H and O–H groups in total. The maximum atomic E-state index is 11.7. The van der Waals surface area contributed by atoms with Crippen LogP contribution in [0.25, 0.3) is 0 Å². The number of benzene rings is 1. The average molecular weight is 260 g/mol. The smallest absolute Gasteiger partial charge is 0.264 e. The van der Waals surface area contributed by atoms with Gasteiger partial charge < -0.3 is 15.4 Å². The molecule has 19 heavy (non-hydrogen) atoms. The van der Waals surface area contributed by atoms with Crippen LogP contribution >= 0.6 is 0 Å². The fraction of sp³-hybridized carbons (Fsp3) is 0.533. The van der Waals surface area contributed by atoms with E-state index in [2.05, 4.69) is 12.1 Å². The maximum absolute atomic E-state index is 11.7. The second-order valence-electron chi connectivity index (χ2n) is 5.62. The van der Waals surface area contributed by atoms with Crippen LogP contribution in [0, 0.1) is 0 Å². The summed E-state index contributed by atoms with van der Waals surface area (Å²) in [5.41, 5.74) is 8.24. The molecule has 1 amide bonds. The molecule has 1 aliphatic heterocycles. The summed E-state index contributed by atoms with van der Waals surface area (Å²) < 4.78 is 5.47. The Labute approximate surface area is 113 Å². The van der Waals surface area contributed by atoms with E-state index < -0.39 is 0 Å². The summed E-state index contributed by atoms with van der Waals surface area (Å²) in [6.07, 6.45) is 4.75. The summed E-state index contributed by atoms with van der Waals surface area (Å²) in [5, 5.41) is 0. The van der Waals surface area contributed by atoms with Crippen molar-refractivity contribution < 1.29 is 9.53 Å². The molecule has 102 valence electrons. The highest BCUT2D eigenvalue weighted by atomic mass is 16.5. The number of rotatable bonds is 2. The van der Waals surface area contributed by atoms with Gasteiger partial charge in [0, 0.05) is 19.0 Å². The number of nitrogens with zero attached hydrogens (tertiary/aromatic N) is 1. The Hall–Kier alpha value is -1.55. The van der Waals surface area contributed by atoms with E-state index in [0.29, 0.717) is 6.54 Å². The molecule has 0 radical (unpaired) electrons. The predicted octanol–water partition coefficient (Wildman–Crippen LogP) is 1.81. The molecule has 1 heterocycles. The maximum Gasteiger partial charge on any atom is 0.264 e. The van der Waals surface area contributed by atoms with Crippen LogP contribution in [0.4, 0.5) is 5.69 Å². The Morgan fingerprint density at radius 1 is 1.37 bits per heavy atom. The zero-order valence-electron chi connectivity index (χ0n) is 11.3. The highest BCUT2D eigenvalue weighted by Gasteiger charge is 2.35. The lowest BCUT2D eigenvalue weighted by Crippen LogP contribution is -2.36. The Morgan fingerprint density at radius 2 is 2.11 bits per heavy atom. The first kappa shape index (κ1) is 12.5. The van der Waals surface area contributed by atoms with Gasteiger partial charge in [0.25, 0.3) is 5.91 Å². The predicted molar refractivity (Wildman–Crippen MR) is 74.5 cm³/mol. The zero-order valence-corrected chi connectivity index (χ0v) is 11.3. The van der Waals surface area contributed by atoms with E-state index in [-0.39, 0.29) is 17.9 Å². The normalized spacial score (nSPS) is 21.2. The number of likely N-dealkylation sites (N-methyl/N-ethyl adjacent to an activating group) is 1. The molecule has 0 spiro atoms. The molecule has 1 saturated carbocycles. The van der Waals surface area contributed by atoms with E-state index in [1.54, 1.807) is 11.9 Å². The largest absolute Gasteiger partial charge is 0.482 e. The summed E-state index contributed by atoms with van der Waals surface area (Å²) in [7, 11) is 1.80. The van der Waals surface area contributed by atoms with Gasteiger partial charge in [-0.05, 0) is 30.5 Å². The first-order chi connectivity index (χ1) is 9.16. The number of nitrogens with two attached hydrogens (primary N) is 1. The molecule has 1 fully saturated rings. The second kappa shape index (κ2) is 4.53. The lowest BCUT2D eigenvalue weighted by molar-refractivity contribution is -0.120. The average Bonchev–Trinajstić information content (AvgIpc) is 2.93. The number of amides is 1. The van der Waals surface area contributed by atoms with Gasteiger partial charge in [-0.1, -0.05) is 18.9 Å². The molecule has 4 nitrogen and oxygen atoms in total. The van der Waals surface area contributed by atoms with Crippen LogP contribution in [0.5, 0.6) is 5.75 Å². The number of fused-ring (bicyclic) bond motifs is 1. The third kappa shape index (κ3) is 1.91. The summed E-state index contributed by atoms with van der Waals surface area (Å²) in [4.78, 5) is 13.4. The standard InChI is InChI=1S/C15H20N2O2/c1-17-12-8-11(15(10-16)6-2-3-7-15)4-5-13(12)19-9-14(17)18/h4-5,8H,2-3,6-7,9-10,16H2,1H3. The first-order valence-electron chi connectivity index (χ1n) is 6.90. The van der Waals surface area contributed by atoms with E-state index in [9.17, 15) is 4.79 Å². The van der Waals surface area contributed by atoms with Crippen molar-refractivity contribution in [3.8, 4) is 5.75 Å². The van der Waals surface area contributed by atoms with E-state index in [4.69, 9.17) is 10.5 Å². The highest BCUT2D eigenvalue weighted by Crippen LogP contribution is 2.43. The second-order valence-corrected chi connectivity index (χ2v) is 5.62. The molecule has 2 aliphatic rings. The topological polar surface area (TPSA) is 55.6 Å². The van der Waals surface area contributed by atoms with Crippen LogP contribution < -0.4 is 15.4 Å². The molecule has 0 unspecified atom stereocenters. The zero-order chi connectivity index (χ0) is 13.5. The monoisotopic (exact) mass is 260 g/mol. The molecule has 1 aliphatic carbocycles. The third-order valence-corrected chi connectivity index (χ3v) is 4.61. The molecule has 0 aromatic heterocycles. The number of carbonyl (C=O) groups is 1. The van der Waals surface area contributed by atoms with Gasteiger partial charge >= 0.3 is 0 Å². The summed E-state index contributed by atoms with van der Waals surface area (Å²) >= 11 is 0. The van der Waals surface area contributed by atoms with Crippen molar-refractivity contribution in [2.45, 2.75) is 31.1 Å². The van der Waals surface area contributed by atoms with Crippen LogP contribution in [-0.4, -0.2) is 26.1 Å². The van der Waals surface area contributed by atoms with Gasteiger partial charge in [0.1, 0.15) is 5.75 Å². The highest BCUT2D eigenvalue weighted by molar-refractivity contribution is 5.97. The van der Waals surface area contributed by atoms with Gasteiger partial charge in [-0.15, -0.1) is 0 Å². The summed E-state index contributed by atoms with van der Waals surface area (Å²) in [6, 6.07) is 6.18. The van der Waals surface area contributed by atoms with Crippen LogP contribution in [0.15, 0.2) is 18.2 Å². The minimum absolute atomic E-state index is 0.00197. The van der Waals surface area contributed by atoms with E-state index in [1.165, 1.54) is 18.4 Å². The van der Waals surface area contributed by atoms with Crippen molar-refractivity contribution in [2.75, 3.05) is 25.1 Å². The Bertz CT molecular complexity index is 507. The van der Waals surface area contributed by atoms with Gasteiger partial charge in [-0.2, -0.15) is 0 Å². The molecule has 4 heteroatoms. The van der Waals surface area contributed by atoms with Crippen molar-refractivity contribution in [1.29, 1.82) is 0 Å². The van der Waals surface area contributed by atoms with E-state index in [0.717, 1.165) is 24.3 Å². The van der Waals surface area contributed by atoms with Crippen molar-refractivity contribution in [2.24, 2.45) is 5.73 Å². The lowest BCUT2D eigenvalue weighted by Gasteiger charge is -2.31. The number of ether oxygens (including phenoxy) is 1. The van der Waals surface area contributed by atoms with E-state index in [1.807, 2.05) is 6.07 Å². The fourth-order valence-electron chi connectivity index (χ4n) is 3.26. The van der Waals surface area contributed by atoms with Crippen LogP contribution in [0.2, 0.25) is 0 Å². The summed E-state index contributed by atoms with van der Waals surface area (Å²) in [6.45, 7) is 0.801. The van der Waals surface area contributed by atoms with Crippen molar-refractivity contribution in [3.63, 3.8) is 0 Å². The van der Waals surface area contributed by atoms with Crippen LogP contribution in [0.1, 0.15) is 31.2 Å². The van der Waals surface area contributed by atoms with Crippen molar-refractivity contribution in [3.05, 3.63) is 23.8 Å². The number of hydrogen-bond donors (Lipinski definition) is 1. The van der Waals surface area contributed by atoms with Crippen molar-refractivity contribution in [1.82, 2.24) is 0 Å². The van der Waals surface area contributed by atoms with Gasteiger partial charge in [-0.3, -0.25) is 4.79 Å². The Balaban J connectivity index is 2.03. The fourth-order valence-corrected chi connectivity index (χ4v) is 3.26. The Kier molecular flexibility index (Phi) is 2.97. The minimum Gasteiger partial charge on any atom is -0.482 e. The van der Waals surface area contributed by atoms with E-state index >= 15 is 0 Å². The first-order valence-corrected chi connectivity index (χ1v) is 6.90. The number of carbonyl (C=O) groups excluding carboxylic acids is 1. The molecular formula is C15H20N2O2. The van der Waals surface area contributed by atoms with Crippen LogP contribution in [0.3, 0.4) is 0 Å². The molecule has 0 saturated heterocycles. The number of hydrogen-bond acceptors (Lipinski definition) is 3. The third-order valence-electron chi connectivity index (χ3n) is 4.61. The van der Waals surface area contributed by atoms with Gasteiger partial charge in [0.05, 0.1) is 5.69 Å². The SMILES string of the molecule is CN1C(=O)COc2ccc(C3(CN)CCCC3)cc21. The van der Waals surface area contributed by atoms with Gasteiger partial charge in [0.15, 0.2) is 6.61 Å². The molecule has 0 bridgehead atoms. The Morgan fingerprint density at radius 3 is 2.79 bits per heavy atom. The van der Waals surface area contributed by atoms with Gasteiger partial charge in [0.2, 0.25) is 0 Å². The minimum atomic E-state index is -0.00197. The molecule has 1 aromatic carbocycles. The molecule has 1 aromatic rings. The molecule has 0 atom stereocenters. The quantitative estimate of drug-likeness (QED) is 0.882.